The van der Waals surface area contributed by atoms with Crippen LogP contribution >= 0.6 is 11.6 Å². The topological polar surface area (TPSA) is 88.6 Å². The lowest BCUT2D eigenvalue weighted by Gasteiger charge is -2.17. The Labute approximate surface area is 150 Å². The van der Waals surface area contributed by atoms with Crippen LogP contribution < -0.4 is 5.43 Å². The number of imide groups is 1. The van der Waals surface area contributed by atoms with Gasteiger partial charge in [-0.25, -0.2) is 4.98 Å². The number of aromatic nitrogens is 1. The van der Waals surface area contributed by atoms with Gasteiger partial charge < -0.3 is 4.74 Å². The van der Waals surface area contributed by atoms with Gasteiger partial charge in [0.2, 0.25) is 0 Å². The average Bonchev–Trinajstić information content (AvgIpc) is 2.75. The monoisotopic (exact) mass is 391 g/mol. The predicted octanol–water partition coefficient (Wildman–Crippen LogP) is 2.72. The molecule has 0 saturated carbocycles. The molecule has 0 saturated heterocycles. The molecule has 0 radical (unpaired) electrons. The number of halogens is 4. The second-order valence-electron chi connectivity index (χ2n) is 5.27. The Kier molecular flexibility index (Phi) is 5.55. The minimum Gasteiger partial charge on any atom is -0.469 e. The zero-order valence-electron chi connectivity index (χ0n) is 13.6. The van der Waals surface area contributed by atoms with Crippen molar-refractivity contribution in [2.75, 3.05) is 12.5 Å². The highest BCUT2D eigenvalue weighted by Crippen LogP contribution is 2.34. The van der Waals surface area contributed by atoms with Gasteiger partial charge in [-0.1, -0.05) is 11.6 Å². The number of hydrazine groups is 1. The van der Waals surface area contributed by atoms with Gasteiger partial charge in [0.05, 0.1) is 12.7 Å². The van der Waals surface area contributed by atoms with Crippen molar-refractivity contribution in [2.24, 2.45) is 0 Å². The van der Waals surface area contributed by atoms with E-state index < -0.39 is 34.7 Å². The quantitative estimate of drug-likeness (QED) is 0.471. The van der Waals surface area contributed by atoms with Crippen LogP contribution in [0.15, 0.2) is 23.3 Å². The minimum absolute atomic E-state index is 0.0115. The van der Waals surface area contributed by atoms with Crippen molar-refractivity contribution in [3.63, 3.8) is 0 Å². The van der Waals surface area contributed by atoms with Gasteiger partial charge in [-0.15, -0.1) is 0 Å². The molecule has 1 N–H and O–H groups in total. The number of hydrogen-bond acceptors (Lipinski definition) is 6. The molecular weight excluding hydrogens is 379 g/mol. The van der Waals surface area contributed by atoms with Crippen LogP contribution in [0.2, 0.25) is 5.15 Å². The van der Waals surface area contributed by atoms with E-state index in [9.17, 15) is 27.6 Å². The van der Waals surface area contributed by atoms with Gasteiger partial charge >= 0.3 is 12.1 Å². The van der Waals surface area contributed by atoms with Crippen molar-refractivity contribution in [1.29, 1.82) is 0 Å². The number of nitrogens with one attached hydrogen (secondary N) is 1. The molecule has 0 unspecified atom stereocenters. The van der Waals surface area contributed by atoms with Gasteiger partial charge in [-0.2, -0.15) is 18.2 Å². The van der Waals surface area contributed by atoms with Gasteiger partial charge in [0, 0.05) is 17.6 Å². The number of esters is 1. The van der Waals surface area contributed by atoms with E-state index in [1.54, 1.807) is 0 Å². The summed E-state index contributed by atoms with van der Waals surface area (Å²) in [7, 11) is 1.19. The van der Waals surface area contributed by atoms with E-state index in [-0.39, 0.29) is 29.8 Å². The first-order valence-corrected chi connectivity index (χ1v) is 7.59. The van der Waals surface area contributed by atoms with E-state index in [2.05, 4.69) is 15.1 Å². The van der Waals surface area contributed by atoms with Gasteiger partial charge in [-0.3, -0.25) is 19.8 Å². The summed E-state index contributed by atoms with van der Waals surface area (Å²) in [6, 6.07) is 1.62. The smallest absolute Gasteiger partial charge is 0.419 e. The molecule has 0 atom stereocenters. The molecule has 26 heavy (non-hydrogen) atoms. The Balaban J connectivity index is 2.16. The third-order valence-electron chi connectivity index (χ3n) is 3.63. The van der Waals surface area contributed by atoms with Crippen molar-refractivity contribution in [1.82, 2.24) is 9.99 Å². The molecule has 2 amide bonds. The van der Waals surface area contributed by atoms with Gasteiger partial charge in [0.25, 0.3) is 11.8 Å². The number of rotatable bonds is 5. The lowest BCUT2D eigenvalue weighted by molar-refractivity contribution is -0.140. The zero-order chi connectivity index (χ0) is 19.6. The summed E-state index contributed by atoms with van der Waals surface area (Å²) in [6.07, 6.45) is -4.79. The maximum Gasteiger partial charge on any atom is 0.419 e. The van der Waals surface area contributed by atoms with Gasteiger partial charge in [0.1, 0.15) is 11.0 Å². The van der Waals surface area contributed by atoms with Crippen molar-refractivity contribution in [3.8, 4) is 0 Å². The molecule has 7 nitrogen and oxygen atoms in total. The number of alkyl halides is 3. The number of carbonyl (C=O) groups excluding carboxylic acids is 3. The number of hydrogen-bond donors (Lipinski definition) is 1. The molecule has 2 heterocycles. The fourth-order valence-electron chi connectivity index (χ4n) is 2.23. The van der Waals surface area contributed by atoms with Crippen LogP contribution in [0.4, 0.5) is 19.0 Å². The minimum atomic E-state index is -4.68. The highest BCUT2D eigenvalue weighted by Gasteiger charge is 2.37. The Morgan fingerprint density at radius 2 is 1.96 bits per heavy atom. The number of ether oxygens (including phenoxy) is 1. The summed E-state index contributed by atoms with van der Waals surface area (Å²) in [4.78, 5) is 39.2. The second kappa shape index (κ2) is 7.32. The van der Waals surface area contributed by atoms with Crippen LogP contribution in [0.3, 0.4) is 0 Å². The SMILES string of the molecule is COC(=O)CCC1=C(C)C(=O)N(Nc2ccc(C(F)(F)F)c(Cl)n2)C1=O. The second-order valence-corrected chi connectivity index (χ2v) is 5.63. The third kappa shape index (κ3) is 3.96. The Morgan fingerprint density at radius 1 is 1.31 bits per heavy atom. The summed E-state index contributed by atoms with van der Waals surface area (Å²) >= 11 is 5.51. The summed E-state index contributed by atoms with van der Waals surface area (Å²) in [6.45, 7) is 1.40. The van der Waals surface area contributed by atoms with Crippen molar-refractivity contribution in [2.45, 2.75) is 25.9 Å². The lowest BCUT2D eigenvalue weighted by Crippen LogP contribution is -2.37. The standard InChI is InChI=1S/C15H13ClF3N3O4/c1-7-8(3-6-11(23)26-2)14(25)22(13(7)24)21-10-5-4-9(12(16)20-10)15(17,18)19/h4-5H,3,6H2,1-2H3,(H,20,21). The van der Waals surface area contributed by atoms with E-state index in [1.165, 1.54) is 14.0 Å². The largest absolute Gasteiger partial charge is 0.469 e. The van der Waals surface area contributed by atoms with Crippen LogP contribution in [-0.4, -0.2) is 34.9 Å². The van der Waals surface area contributed by atoms with E-state index >= 15 is 0 Å². The highest BCUT2D eigenvalue weighted by molar-refractivity contribution is 6.30. The molecule has 0 bridgehead atoms. The van der Waals surface area contributed by atoms with Crippen LogP contribution in [-0.2, 0) is 25.3 Å². The number of pyridine rings is 1. The van der Waals surface area contributed by atoms with E-state index in [4.69, 9.17) is 11.6 Å². The number of carbonyl (C=O) groups is 3. The summed E-state index contributed by atoms with van der Waals surface area (Å²) in [5, 5.41) is -0.217. The van der Waals surface area contributed by atoms with E-state index in [0.717, 1.165) is 6.07 Å². The molecule has 11 heteroatoms. The van der Waals surface area contributed by atoms with Crippen LogP contribution in [0.25, 0.3) is 0 Å². The fraction of sp³-hybridized carbons (Fsp3) is 0.333. The summed E-state index contributed by atoms with van der Waals surface area (Å²) in [5.74, 6) is -2.19. The summed E-state index contributed by atoms with van der Waals surface area (Å²) < 4.78 is 42.5. The molecule has 1 aromatic heterocycles. The van der Waals surface area contributed by atoms with Crippen molar-refractivity contribution in [3.05, 3.63) is 34.0 Å². The molecule has 0 fully saturated rings. The third-order valence-corrected chi connectivity index (χ3v) is 3.91. The molecule has 2 rings (SSSR count). The zero-order valence-corrected chi connectivity index (χ0v) is 14.4. The molecule has 1 aliphatic heterocycles. The first kappa shape index (κ1) is 19.7. The Hall–Kier alpha value is -2.62. The van der Waals surface area contributed by atoms with Gasteiger partial charge in [0.15, 0.2) is 0 Å². The van der Waals surface area contributed by atoms with Crippen LogP contribution in [0, 0.1) is 0 Å². The number of nitrogens with zero attached hydrogens (tertiary/aromatic N) is 2. The Morgan fingerprint density at radius 3 is 2.50 bits per heavy atom. The van der Waals surface area contributed by atoms with Crippen molar-refractivity contribution >= 4 is 35.2 Å². The van der Waals surface area contributed by atoms with Crippen LogP contribution in [0.5, 0.6) is 0 Å². The van der Waals surface area contributed by atoms with E-state index in [0.29, 0.717) is 11.1 Å². The lowest BCUT2D eigenvalue weighted by atomic mass is 10.1. The van der Waals surface area contributed by atoms with Gasteiger partial charge in [-0.05, 0) is 25.5 Å². The Bertz CT molecular complexity index is 808. The summed E-state index contributed by atoms with van der Waals surface area (Å²) in [5.41, 5.74) is 1.41. The molecule has 0 aromatic carbocycles. The highest BCUT2D eigenvalue weighted by atomic mass is 35.5. The maximum absolute atomic E-state index is 12.7. The number of methoxy groups -OCH3 is 1. The first-order chi connectivity index (χ1) is 12.1. The number of anilines is 1. The molecule has 0 aliphatic carbocycles. The average molecular weight is 392 g/mol. The normalized spacial score (nSPS) is 14.9. The van der Waals surface area contributed by atoms with Crippen LogP contribution in [0.1, 0.15) is 25.3 Å². The molecule has 1 aromatic rings. The maximum atomic E-state index is 12.7. The fourth-order valence-corrected chi connectivity index (χ4v) is 2.49. The van der Waals surface area contributed by atoms with E-state index in [1.807, 2.05) is 0 Å². The van der Waals surface area contributed by atoms with Crippen molar-refractivity contribution < 1.29 is 32.3 Å². The molecule has 0 spiro atoms. The first-order valence-electron chi connectivity index (χ1n) is 7.22. The molecule has 1 aliphatic rings. The molecular formula is C15H13ClF3N3O4. The number of amides is 2. The predicted molar refractivity (Wildman–Crippen MR) is 83.7 cm³/mol. The molecule has 140 valence electrons.